The highest BCUT2D eigenvalue weighted by molar-refractivity contribution is 5.90. The summed E-state index contributed by atoms with van der Waals surface area (Å²) in [6.07, 6.45) is 2.01. The highest BCUT2D eigenvalue weighted by Crippen LogP contribution is 2.23. The second-order valence-corrected chi connectivity index (χ2v) is 6.66. The molecule has 0 fully saturated rings. The molecule has 0 saturated carbocycles. The largest absolute Gasteiger partial charge is 0.336 e. The van der Waals surface area contributed by atoms with Gasteiger partial charge < -0.3 is 4.90 Å². The zero-order valence-electron chi connectivity index (χ0n) is 15.6. The average molecular weight is 328 g/mol. The number of nitrogens with zero attached hydrogens (tertiary/aromatic N) is 4. The number of para-hydroxylation sites is 1. The maximum Gasteiger partial charge on any atom is 0.293 e. The Morgan fingerprint density at radius 1 is 1.25 bits per heavy atom. The number of benzene rings is 1. The van der Waals surface area contributed by atoms with Crippen LogP contribution < -0.4 is 0 Å². The van der Waals surface area contributed by atoms with Crippen LogP contribution in [0.5, 0.6) is 0 Å². The van der Waals surface area contributed by atoms with Gasteiger partial charge in [0.15, 0.2) is 0 Å². The third-order valence-corrected chi connectivity index (χ3v) is 4.44. The van der Waals surface area contributed by atoms with Gasteiger partial charge in [0.1, 0.15) is 5.82 Å². The quantitative estimate of drug-likeness (QED) is 0.806. The van der Waals surface area contributed by atoms with E-state index in [1.165, 1.54) is 5.56 Å². The molecule has 1 heterocycles. The molecule has 0 spiro atoms. The van der Waals surface area contributed by atoms with Gasteiger partial charge in [0, 0.05) is 13.1 Å². The van der Waals surface area contributed by atoms with Crippen molar-refractivity contribution >= 4 is 5.91 Å². The summed E-state index contributed by atoms with van der Waals surface area (Å²) < 4.78 is 1.78. The molecular formula is C19H28N4O. The number of carbonyl (C=O) groups is 1. The lowest BCUT2D eigenvalue weighted by Crippen LogP contribution is -2.35. The molecule has 0 N–H and O–H groups in total. The van der Waals surface area contributed by atoms with E-state index in [9.17, 15) is 4.79 Å². The van der Waals surface area contributed by atoms with E-state index < -0.39 is 0 Å². The molecule has 24 heavy (non-hydrogen) atoms. The fourth-order valence-corrected chi connectivity index (χ4v) is 2.85. The van der Waals surface area contributed by atoms with Crippen LogP contribution in [0, 0.1) is 6.92 Å². The third-order valence-electron chi connectivity index (χ3n) is 4.44. The molecule has 130 valence electrons. The molecule has 0 aliphatic carbocycles. The van der Waals surface area contributed by atoms with Crippen LogP contribution in [0.3, 0.4) is 0 Å². The molecule has 0 bridgehead atoms. The molecule has 0 unspecified atom stereocenters. The first-order valence-electron chi connectivity index (χ1n) is 8.66. The smallest absolute Gasteiger partial charge is 0.293 e. The molecule has 5 heteroatoms. The minimum atomic E-state index is -0.125. The molecule has 1 amide bonds. The first-order chi connectivity index (χ1) is 11.4. The van der Waals surface area contributed by atoms with E-state index in [0.29, 0.717) is 5.92 Å². The van der Waals surface area contributed by atoms with Crippen LogP contribution >= 0.6 is 0 Å². The second kappa shape index (κ2) is 7.60. The van der Waals surface area contributed by atoms with Crippen molar-refractivity contribution in [1.82, 2.24) is 19.7 Å². The average Bonchev–Trinajstić information content (AvgIpc) is 2.95. The molecule has 0 radical (unpaired) electrons. The van der Waals surface area contributed by atoms with E-state index >= 15 is 0 Å². The summed E-state index contributed by atoms with van der Waals surface area (Å²) in [5.74, 6) is 1.23. The summed E-state index contributed by atoms with van der Waals surface area (Å²) in [7, 11) is 1.82. The van der Waals surface area contributed by atoms with Gasteiger partial charge in [-0.25, -0.2) is 9.67 Å². The van der Waals surface area contributed by atoms with Crippen molar-refractivity contribution in [2.24, 2.45) is 0 Å². The van der Waals surface area contributed by atoms with E-state index in [1.807, 2.05) is 32.2 Å². The second-order valence-electron chi connectivity index (χ2n) is 6.66. The Kier molecular flexibility index (Phi) is 5.75. The van der Waals surface area contributed by atoms with Gasteiger partial charge in [0.2, 0.25) is 5.82 Å². The Labute approximate surface area is 144 Å². The van der Waals surface area contributed by atoms with Crippen LogP contribution in [0.15, 0.2) is 24.3 Å². The van der Waals surface area contributed by atoms with E-state index in [4.69, 9.17) is 0 Å². The molecular weight excluding hydrogens is 300 g/mol. The van der Waals surface area contributed by atoms with Crippen molar-refractivity contribution in [3.8, 4) is 5.69 Å². The summed E-state index contributed by atoms with van der Waals surface area (Å²) in [4.78, 5) is 18.8. The maximum atomic E-state index is 12.7. The van der Waals surface area contributed by atoms with Gasteiger partial charge in [-0.1, -0.05) is 45.4 Å². The first kappa shape index (κ1) is 18.2. The summed E-state index contributed by atoms with van der Waals surface area (Å²) in [6.45, 7) is 10.4. The Morgan fingerprint density at radius 3 is 2.54 bits per heavy atom. The van der Waals surface area contributed by atoms with Gasteiger partial charge in [-0.05, 0) is 37.8 Å². The number of rotatable bonds is 6. The van der Waals surface area contributed by atoms with Crippen molar-refractivity contribution in [3.05, 3.63) is 41.5 Å². The first-order valence-corrected chi connectivity index (χ1v) is 8.66. The normalized spacial score (nSPS) is 12.5. The standard InChI is InChI=1S/C19H28N4O/c1-7-10-14(4)22(6)19(24)18-20-15(5)23(21-18)17-12-9-8-11-16(17)13(2)3/h8-9,11-14H,7,10H2,1-6H3/t14-/m1/s1. The van der Waals surface area contributed by atoms with Gasteiger partial charge in [0.25, 0.3) is 5.91 Å². The number of carbonyl (C=O) groups excluding carboxylic acids is 1. The lowest BCUT2D eigenvalue weighted by Gasteiger charge is -2.23. The van der Waals surface area contributed by atoms with Gasteiger partial charge in [0.05, 0.1) is 5.69 Å². The molecule has 0 saturated heterocycles. The Hall–Kier alpha value is -2.17. The Balaban J connectivity index is 2.36. The predicted molar refractivity (Wildman–Crippen MR) is 96.6 cm³/mol. The minimum absolute atomic E-state index is 0.125. The van der Waals surface area contributed by atoms with Crippen LogP contribution in [0.4, 0.5) is 0 Å². The SMILES string of the molecule is CCC[C@@H](C)N(C)C(=O)c1nc(C)n(-c2ccccc2C(C)C)n1. The van der Waals surface area contributed by atoms with Crippen LogP contribution in [0.25, 0.3) is 5.69 Å². The molecule has 1 aromatic carbocycles. The fraction of sp³-hybridized carbons (Fsp3) is 0.526. The molecule has 0 aliphatic heterocycles. The fourth-order valence-electron chi connectivity index (χ4n) is 2.85. The topological polar surface area (TPSA) is 51.0 Å². The van der Waals surface area contributed by atoms with Crippen LogP contribution in [-0.4, -0.2) is 38.7 Å². The predicted octanol–water partition coefficient (Wildman–Crippen LogP) is 3.96. The summed E-state index contributed by atoms with van der Waals surface area (Å²) in [6, 6.07) is 8.31. The van der Waals surface area contributed by atoms with Crippen molar-refractivity contribution in [3.63, 3.8) is 0 Å². The van der Waals surface area contributed by atoms with Crippen molar-refractivity contribution in [1.29, 1.82) is 0 Å². The molecule has 0 aliphatic rings. The van der Waals surface area contributed by atoms with Crippen LogP contribution in [0.2, 0.25) is 0 Å². The van der Waals surface area contributed by atoms with Crippen molar-refractivity contribution in [2.45, 2.75) is 59.4 Å². The van der Waals surface area contributed by atoms with Gasteiger partial charge in [-0.15, -0.1) is 5.10 Å². The van der Waals surface area contributed by atoms with Gasteiger partial charge in [-0.2, -0.15) is 0 Å². The molecule has 1 atom stereocenters. The van der Waals surface area contributed by atoms with E-state index in [-0.39, 0.29) is 17.8 Å². The van der Waals surface area contributed by atoms with E-state index in [2.05, 4.69) is 43.8 Å². The molecule has 1 aromatic heterocycles. The maximum absolute atomic E-state index is 12.7. The Morgan fingerprint density at radius 2 is 1.92 bits per heavy atom. The number of aryl methyl sites for hydroxylation is 1. The third kappa shape index (κ3) is 3.66. The van der Waals surface area contributed by atoms with Crippen molar-refractivity contribution in [2.75, 3.05) is 7.05 Å². The lowest BCUT2D eigenvalue weighted by atomic mass is 10.0. The van der Waals surface area contributed by atoms with Gasteiger partial charge >= 0.3 is 0 Å². The monoisotopic (exact) mass is 328 g/mol. The zero-order chi connectivity index (χ0) is 17.9. The Bertz CT molecular complexity index is 705. The number of hydrogen-bond donors (Lipinski definition) is 0. The highest BCUT2D eigenvalue weighted by atomic mass is 16.2. The van der Waals surface area contributed by atoms with Crippen LogP contribution in [0.1, 0.15) is 68.5 Å². The molecule has 2 rings (SSSR count). The zero-order valence-corrected chi connectivity index (χ0v) is 15.6. The van der Waals surface area contributed by atoms with Crippen molar-refractivity contribution < 1.29 is 4.79 Å². The lowest BCUT2D eigenvalue weighted by molar-refractivity contribution is 0.0724. The summed E-state index contributed by atoms with van der Waals surface area (Å²) in [5, 5.41) is 4.50. The number of hydrogen-bond acceptors (Lipinski definition) is 3. The van der Waals surface area contributed by atoms with Crippen LogP contribution in [-0.2, 0) is 0 Å². The van der Waals surface area contributed by atoms with E-state index in [0.717, 1.165) is 24.4 Å². The number of amides is 1. The summed E-state index contributed by atoms with van der Waals surface area (Å²) >= 11 is 0. The van der Waals surface area contributed by atoms with E-state index in [1.54, 1.807) is 9.58 Å². The molecule has 2 aromatic rings. The number of aromatic nitrogens is 3. The van der Waals surface area contributed by atoms with Gasteiger partial charge in [-0.3, -0.25) is 4.79 Å². The minimum Gasteiger partial charge on any atom is -0.336 e. The highest BCUT2D eigenvalue weighted by Gasteiger charge is 2.23. The summed E-state index contributed by atoms with van der Waals surface area (Å²) in [5.41, 5.74) is 2.18. The molecule has 5 nitrogen and oxygen atoms in total.